The summed E-state index contributed by atoms with van der Waals surface area (Å²) in [5.41, 5.74) is 2.91. The van der Waals surface area contributed by atoms with Crippen LogP contribution in [0.4, 0.5) is 5.69 Å². The Morgan fingerprint density at radius 2 is 2.00 bits per heavy atom. The predicted octanol–water partition coefficient (Wildman–Crippen LogP) is 2.80. The number of halogens is 1. The number of carboxylic acids is 1. The van der Waals surface area contributed by atoms with Gasteiger partial charge < -0.3 is 10.4 Å². The second kappa shape index (κ2) is 7.41. The molecule has 2 N–H and O–H groups in total. The maximum atomic E-state index is 12.3. The lowest BCUT2D eigenvalue weighted by atomic mass is 9.98. The highest BCUT2D eigenvalue weighted by atomic mass is 127. The Kier molecular flexibility index (Phi) is 5.80. The van der Waals surface area contributed by atoms with Gasteiger partial charge in [-0.2, -0.15) is 0 Å². The van der Waals surface area contributed by atoms with E-state index < -0.39 is 11.9 Å². The van der Waals surface area contributed by atoms with Crippen LogP contribution in [0.2, 0.25) is 0 Å². The number of nitrogens with zero attached hydrogens (tertiary/aromatic N) is 1. The molecule has 2 atom stereocenters. The van der Waals surface area contributed by atoms with Gasteiger partial charge >= 0.3 is 5.97 Å². The van der Waals surface area contributed by atoms with Gasteiger partial charge in [-0.3, -0.25) is 14.5 Å². The fourth-order valence-electron chi connectivity index (χ4n) is 2.81. The molecule has 1 aliphatic heterocycles. The van der Waals surface area contributed by atoms with Gasteiger partial charge in [-0.1, -0.05) is 40.8 Å². The zero-order valence-electron chi connectivity index (χ0n) is 12.8. The number of carbonyl (C=O) groups is 2. The normalized spacial score (nSPS) is 22.3. The minimum absolute atomic E-state index is 0.0925. The monoisotopic (exact) mass is 416 g/mol. The number of hydrogen-bond acceptors (Lipinski definition) is 3. The summed E-state index contributed by atoms with van der Waals surface area (Å²) in [7, 11) is 0. The molecule has 1 aliphatic rings. The summed E-state index contributed by atoms with van der Waals surface area (Å²) in [6.45, 7) is 4.92. The summed E-state index contributed by atoms with van der Waals surface area (Å²) in [5.74, 6) is -1.27. The molecular formula is C16H21IN2O3. The molecule has 0 bridgehead atoms. The number of para-hydroxylation sites is 1. The Morgan fingerprint density at radius 1 is 1.36 bits per heavy atom. The number of likely N-dealkylation sites (tertiary alicyclic amines) is 1. The van der Waals surface area contributed by atoms with Crippen molar-refractivity contribution in [2.24, 2.45) is 5.92 Å². The summed E-state index contributed by atoms with van der Waals surface area (Å²) < 4.78 is -0.146. The van der Waals surface area contributed by atoms with Gasteiger partial charge in [-0.25, -0.2) is 0 Å². The lowest BCUT2D eigenvalue weighted by Gasteiger charge is -2.35. The van der Waals surface area contributed by atoms with Gasteiger partial charge in [0, 0.05) is 5.69 Å². The topological polar surface area (TPSA) is 69.6 Å². The minimum atomic E-state index is -0.778. The van der Waals surface area contributed by atoms with Gasteiger partial charge in [0.2, 0.25) is 5.91 Å². The lowest BCUT2D eigenvalue weighted by molar-refractivity contribution is -0.144. The average Bonchev–Trinajstić information content (AvgIpc) is 2.45. The van der Waals surface area contributed by atoms with E-state index in [0.29, 0.717) is 6.42 Å². The van der Waals surface area contributed by atoms with E-state index in [0.717, 1.165) is 29.8 Å². The minimum Gasteiger partial charge on any atom is -0.481 e. The number of piperidine rings is 1. The van der Waals surface area contributed by atoms with Crippen LogP contribution in [-0.2, 0) is 9.59 Å². The second-order valence-electron chi connectivity index (χ2n) is 5.75. The maximum absolute atomic E-state index is 12.3. The fourth-order valence-corrected chi connectivity index (χ4v) is 3.95. The van der Waals surface area contributed by atoms with Crippen LogP contribution >= 0.6 is 22.6 Å². The Hall–Kier alpha value is -1.15. The van der Waals surface area contributed by atoms with E-state index in [1.54, 1.807) is 0 Å². The van der Waals surface area contributed by atoms with Crippen molar-refractivity contribution >= 4 is 40.2 Å². The number of benzene rings is 1. The summed E-state index contributed by atoms with van der Waals surface area (Å²) in [6, 6.07) is 5.89. The molecule has 0 radical (unpaired) electrons. The lowest BCUT2D eigenvalue weighted by Crippen LogP contribution is -2.47. The molecule has 1 amide bonds. The molecule has 0 saturated carbocycles. The standard InChI is InChI=1S/C16H21IN2O3/c1-10-5-3-6-11(2)14(10)18-13(20)9-19-8-4-7-12(15(19)17)16(21)22/h3,5-6,12,15H,4,7-9H2,1-2H3,(H,18,20)(H,21,22). The van der Waals surface area contributed by atoms with E-state index in [4.69, 9.17) is 0 Å². The molecular weight excluding hydrogens is 395 g/mol. The molecule has 1 heterocycles. The highest BCUT2D eigenvalue weighted by molar-refractivity contribution is 14.1. The van der Waals surface area contributed by atoms with Crippen LogP contribution in [0.5, 0.6) is 0 Å². The van der Waals surface area contributed by atoms with Gasteiger partial charge in [-0.15, -0.1) is 0 Å². The van der Waals surface area contributed by atoms with Crippen LogP contribution in [0, 0.1) is 19.8 Å². The SMILES string of the molecule is Cc1cccc(C)c1NC(=O)CN1CCCC(C(=O)O)C1I. The van der Waals surface area contributed by atoms with E-state index in [1.807, 2.05) is 36.9 Å². The molecule has 1 fully saturated rings. The van der Waals surface area contributed by atoms with Crippen molar-refractivity contribution in [2.45, 2.75) is 30.7 Å². The number of aliphatic carboxylic acids is 1. The molecule has 1 saturated heterocycles. The largest absolute Gasteiger partial charge is 0.481 e. The van der Waals surface area contributed by atoms with E-state index in [1.165, 1.54) is 0 Å². The molecule has 6 heteroatoms. The van der Waals surface area contributed by atoms with Crippen molar-refractivity contribution in [3.63, 3.8) is 0 Å². The third-order valence-electron chi connectivity index (χ3n) is 4.05. The Bertz CT molecular complexity index is 556. The van der Waals surface area contributed by atoms with Crippen LogP contribution in [0.25, 0.3) is 0 Å². The zero-order valence-corrected chi connectivity index (χ0v) is 15.0. The van der Waals surface area contributed by atoms with Crippen LogP contribution < -0.4 is 5.32 Å². The van der Waals surface area contributed by atoms with Crippen molar-refractivity contribution < 1.29 is 14.7 Å². The highest BCUT2D eigenvalue weighted by Crippen LogP contribution is 2.28. The molecule has 0 aromatic heterocycles. The molecule has 0 aliphatic carbocycles. The fraction of sp³-hybridized carbons (Fsp3) is 0.500. The summed E-state index contributed by atoms with van der Waals surface area (Å²) in [4.78, 5) is 25.5. The van der Waals surface area contributed by atoms with Crippen molar-refractivity contribution in [1.29, 1.82) is 0 Å². The quantitative estimate of drug-likeness (QED) is 0.450. The number of carboxylic acid groups (broad SMARTS) is 1. The highest BCUT2D eigenvalue weighted by Gasteiger charge is 2.34. The zero-order chi connectivity index (χ0) is 16.3. The summed E-state index contributed by atoms with van der Waals surface area (Å²) in [6.07, 6.45) is 1.49. The first-order valence-electron chi connectivity index (χ1n) is 7.37. The molecule has 22 heavy (non-hydrogen) atoms. The smallest absolute Gasteiger partial charge is 0.308 e. The van der Waals surface area contributed by atoms with Gasteiger partial charge in [-0.05, 0) is 44.4 Å². The maximum Gasteiger partial charge on any atom is 0.308 e. The van der Waals surface area contributed by atoms with Crippen molar-refractivity contribution in [3.8, 4) is 0 Å². The molecule has 2 unspecified atom stereocenters. The number of anilines is 1. The van der Waals surface area contributed by atoms with Gasteiger partial charge in [0.25, 0.3) is 0 Å². The number of aryl methyl sites for hydroxylation is 2. The van der Waals surface area contributed by atoms with Crippen molar-refractivity contribution in [1.82, 2.24) is 4.90 Å². The summed E-state index contributed by atoms with van der Waals surface area (Å²) in [5, 5.41) is 12.2. The van der Waals surface area contributed by atoms with E-state index in [2.05, 4.69) is 27.9 Å². The van der Waals surface area contributed by atoms with Crippen LogP contribution in [-0.4, -0.2) is 39.0 Å². The Balaban J connectivity index is 2.01. The number of alkyl halides is 1. The first-order chi connectivity index (χ1) is 10.4. The number of nitrogens with one attached hydrogen (secondary N) is 1. The van der Waals surface area contributed by atoms with E-state index >= 15 is 0 Å². The average molecular weight is 416 g/mol. The number of rotatable bonds is 4. The third kappa shape index (κ3) is 3.98. The van der Waals surface area contributed by atoms with Crippen LogP contribution in [0.3, 0.4) is 0 Å². The Labute approximate surface area is 144 Å². The molecule has 2 rings (SSSR count). The van der Waals surface area contributed by atoms with Crippen LogP contribution in [0.1, 0.15) is 24.0 Å². The van der Waals surface area contributed by atoms with E-state index in [-0.39, 0.29) is 16.5 Å². The Morgan fingerprint density at radius 3 is 2.59 bits per heavy atom. The van der Waals surface area contributed by atoms with Gasteiger partial charge in [0.05, 0.1) is 16.5 Å². The predicted molar refractivity (Wildman–Crippen MR) is 94.3 cm³/mol. The molecule has 0 spiro atoms. The van der Waals surface area contributed by atoms with Crippen LogP contribution in [0.15, 0.2) is 18.2 Å². The first-order valence-corrected chi connectivity index (χ1v) is 8.61. The molecule has 1 aromatic rings. The number of carbonyl (C=O) groups excluding carboxylic acids is 1. The number of amides is 1. The molecule has 120 valence electrons. The van der Waals surface area contributed by atoms with Gasteiger partial charge in [0.1, 0.15) is 0 Å². The number of hydrogen-bond donors (Lipinski definition) is 2. The second-order valence-corrected chi connectivity index (χ2v) is 7.02. The van der Waals surface area contributed by atoms with Crippen molar-refractivity contribution in [2.75, 3.05) is 18.4 Å². The summed E-state index contributed by atoms with van der Waals surface area (Å²) >= 11 is 2.14. The van der Waals surface area contributed by atoms with Crippen molar-refractivity contribution in [3.05, 3.63) is 29.3 Å². The molecule has 5 nitrogen and oxygen atoms in total. The molecule has 1 aromatic carbocycles. The third-order valence-corrected chi connectivity index (χ3v) is 5.71. The van der Waals surface area contributed by atoms with E-state index in [9.17, 15) is 14.7 Å². The first kappa shape index (κ1) is 17.2. The van der Waals surface area contributed by atoms with Gasteiger partial charge in [0.15, 0.2) is 0 Å².